The Labute approximate surface area is 109 Å². The van der Waals surface area contributed by atoms with Crippen LogP contribution < -0.4 is 0 Å². The van der Waals surface area contributed by atoms with E-state index in [-0.39, 0.29) is 5.82 Å². The van der Waals surface area contributed by atoms with Gasteiger partial charge in [0.15, 0.2) is 0 Å². The number of aromatic amines is 1. The molecule has 0 amide bonds. The van der Waals surface area contributed by atoms with Crippen molar-refractivity contribution in [3.63, 3.8) is 0 Å². The molecule has 0 spiro atoms. The van der Waals surface area contributed by atoms with Crippen molar-refractivity contribution in [3.05, 3.63) is 54.5 Å². The van der Waals surface area contributed by atoms with Gasteiger partial charge in [0.25, 0.3) is 0 Å². The largest absolute Gasteiger partial charge is 0.344 e. The van der Waals surface area contributed by atoms with E-state index >= 15 is 0 Å². The van der Waals surface area contributed by atoms with E-state index in [0.717, 1.165) is 22.6 Å². The second kappa shape index (κ2) is 4.61. The molecule has 2 heterocycles. The van der Waals surface area contributed by atoms with Gasteiger partial charge in [-0.25, -0.2) is 19.3 Å². The van der Waals surface area contributed by atoms with E-state index in [2.05, 4.69) is 19.9 Å². The van der Waals surface area contributed by atoms with Crippen molar-refractivity contribution in [2.24, 2.45) is 0 Å². The van der Waals surface area contributed by atoms with Gasteiger partial charge in [0, 0.05) is 11.8 Å². The van der Waals surface area contributed by atoms with Gasteiger partial charge in [-0.2, -0.15) is 0 Å². The van der Waals surface area contributed by atoms with Gasteiger partial charge in [-0.3, -0.25) is 0 Å². The van der Waals surface area contributed by atoms with Gasteiger partial charge in [-0.1, -0.05) is 0 Å². The number of aromatic nitrogens is 4. The zero-order valence-electron chi connectivity index (χ0n) is 10.3. The van der Waals surface area contributed by atoms with Crippen molar-refractivity contribution < 1.29 is 4.39 Å². The molecule has 0 aliphatic carbocycles. The summed E-state index contributed by atoms with van der Waals surface area (Å²) in [5.74, 6) is 0.424. The molecule has 94 valence electrons. The van der Waals surface area contributed by atoms with Crippen molar-refractivity contribution in [2.45, 2.75) is 6.92 Å². The highest BCUT2D eigenvalue weighted by Crippen LogP contribution is 2.27. The Kier molecular flexibility index (Phi) is 2.79. The van der Waals surface area contributed by atoms with Gasteiger partial charge in [-0.15, -0.1) is 0 Å². The summed E-state index contributed by atoms with van der Waals surface area (Å²) in [7, 11) is 0. The van der Waals surface area contributed by atoms with E-state index in [1.807, 2.05) is 6.92 Å². The fourth-order valence-electron chi connectivity index (χ4n) is 1.91. The monoisotopic (exact) mass is 254 g/mol. The number of hydrogen-bond donors (Lipinski definition) is 1. The summed E-state index contributed by atoms with van der Waals surface area (Å²) < 4.78 is 13.0. The third-order valence-electron chi connectivity index (χ3n) is 2.79. The molecule has 4 nitrogen and oxygen atoms in total. The number of aryl methyl sites for hydroxylation is 1. The minimum Gasteiger partial charge on any atom is -0.344 e. The first-order chi connectivity index (χ1) is 9.24. The number of nitrogens with zero attached hydrogens (tertiary/aromatic N) is 3. The number of imidazole rings is 1. The topological polar surface area (TPSA) is 54.5 Å². The molecule has 0 aliphatic heterocycles. The molecule has 0 radical (unpaired) electrons. The highest BCUT2D eigenvalue weighted by atomic mass is 19.1. The maximum Gasteiger partial charge on any atom is 0.125 e. The first-order valence-corrected chi connectivity index (χ1v) is 5.83. The van der Waals surface area contributed by atoms with Gasteiger partial charge < -0.3 is 4.98 Å². The molecular weight excluding hydrogens is 243 g/mol. The van der Waals surface area contributed by atoms with Crippen molar-refractivity contribution >= 4 is 0 Å². The minimum absolute atomic E-state index is 0.261. The number of rotatable bonds is 2. The summed E-state index contributed by atoms with van der Waals surface area (Å²) in [6.45, 7) is 1.83. The normalized spacial score (nSPS) is 10.6. The summed E-state index contributed by atoms with van der Waals surface area (Å²) in [6, 6.07) is 8.06. The molecule has 1 aromatic carbocycles. The molecule has 0 unspecified atom stereocenters. The van der Waals surface area contributed by atoms with Crippen LogP contribution in [0.1, 0.15) is 5.82 Å². The zero-order valence-corrected chi connectivity index (χ0v) is 10.3. The van der Waals surface area contributed by atoms with Gasteiger partial charge in [0.2, 0.25) is 0 Å². The van der Waals surface area contributed by atoms with Gasteiger partial charge in [0.05, 0.1) is 17.7 Å². The van der Waals surface area contributed by atoms with Crippen LogP contribution in [0.4, 0.5) is 4.39 Å². The second-order valence-electron chi connectivity index (χ2n) is 4.12. The van der Waals surface area contributed by atoms with Crippen LogP contribution in [0.15, 0.2) is 42.9 Å². The maximum atomic E-state index is 13.0. The predicted molar refractivity (Wildman–Crippen MR) is 69.7 cm³/mol. The number of halogens is 1. The summed E-state index contributed by atoms with van der Waals surface area (Å²) in [6.07, 6.45) is 3.30. The van der Waals surface area contributed by atoms with Crippen LogP contribution in [0.2, 0.25) is 0 Å². The zero-order chi connectivity index (χ0) is 13.2. The average Bonchev–Trinajstić information content (AvgIpc) is 2.89. The molecule has 0 saturated carbocycles. The lowest BCUT2D eigenvalue weighted by Gasteiger charge is -2.03. The van der Waals surface area contributed by atoms with Crippen LogP contribution in [0.25, 0.3) is 22.6 Å². The fraction of sp³-hybridized carbons (Fsp3) is 0.0714. The molecular formula is C14H11FN4. The molecule has 0 atom stereocenters. The van der Waals surface area contributed by atoms with Gasteiger partial charge in [-0.05, 0) is 37.3 Å². The molecule has 19 heavy (non-hydrogen) atoms. The van der Waals surface area contributed by atoms with Crippen molar-refractivity contribution in [3.8, 4) is 22.6 Å². The third-order valence-corrected chi connectivity index (χ3v) is 2.79. The van der Waals surface area contributed by atoms with E-state index in [1.165, 1.54) is 12.1 Å². The number of benzene rings is 1. The van der Waals surface area contributed by atoms with Crippen LogP contribution in [-0.2, 0) is 0 Å². The number of H-pyrrole nitrogens is 1. The Bertz CT molecular complexity index is 703. The standard InChI is InChI=1S/C14H11FN4/c1-9-16-7-6-12(19-9)14-13(17-8-18-14)10-2-4-11(15)5-3-10/h2-8H,1H3,(H,17,18). The highest BCUT2D eigenvalue weighted by molar-refractivity contribution is 5.75. The summed E-state index contributed by atoms with van der Waals surface area (Å²) in [4.78, 5) is 15.8. The van der Waals surface area contributed by atoms with Crippen molar-refractivity contribution in [2.75, 3.05) is 0 Å². The first kappa shape index (κ1) is 11.5. The minimum atomic E-state index is -0.261. The highest BCUT2D eigenvalue weighted by Gasteiger charge is 2.11. The molecule has 0 saturated heterocycles. The van der Waals surface area contributed by atoms with Crippen molar-refractivity contribution in [1.82, 2.24) is 19.9 Å². The third kappa shape index (κ3) is 2.22. The van der Waals surface area contributed by atoms with Gasteiger partial charge >= 0.3 is 0 Å². The summed E-state index contributed by atoms with van der Waals surface area (Å²) >= 11 is 0. The maximum absolute atomic E-state index is 13.0. The second-order valence-corrected chi connectivity index (χ2v) is 4.12. The van der Waals surface area contributed by atoms with Gasteiger partial charge in [0.1, 0.15) is 17.3 Å². The molecule has 5 heteroatoms. The molecule has 1 N–H and O–H groups in total. The van der Waals surface area contributed by atoms with Crippen LogP contribution in [0, 0.1) is 12.7 Å². The molecule has 0 bridgehead atoms. The Hall–Kier alpha value is -2.56. The fourth-order valence-corrected chi connectivity index (χ4v) is 1.91. The SMILES string of the molecule is Cc1nccc(-c2nc[nH]c2-c2ccc(F)cc2)n1. The summed E-state index contributed by atoms with van der Waals surface area (Å²) in [5.41, 5.74) is 3.16. The Balaban J connectivity index is 2.10. The molecule has 3 aromatic rings. The predicted octanol–water partition coefficient (Wildman–Crippen LogP) is 2.98. The molecule has 0 aliphatic rings. The average molecular weight is 254 g/mol. The van der Waals surface area contributed by atoms with Crippen LogP contribution in [0.3, 0.4) is 0 Å². The number of nitrogens with one attached hydrogen (secondary N) is 1. The van der Waals surface area contributed by atoms with E-state index in [1.54, 1.807) is 30.7 Å². The van der Waals surface area contributed by atoms with Crippen LogP contribution in [0.5, 0.6) is 0 Å². The van der Waals surface area contributed by atoms with E-state index in [4.69, 9.17) is 0 Å². The van der Waals surface area contributed by atoms with Crippen molar-refractivity contribution in [1.29, 1.82) is 0 Å². The first-order valence-electron chi connectivity index (χ1n) is 5.83. The smallest absolute Gasteiger partial charge is 0.125 e. The Morgan fingerprint density at radius 1 is 1.05 bits per heavy atom. The molecule has 2 aromatic heterocycles. The number of hydrogen-bond acceptors (Lipinski definition) is 3. The molecule has 0 fully saturated rings. The lowest BCUT2D eigenvalue weighted by atomic mass is 10.1. The Morgan fingerprint density at radius 2 is 1.84 bits per heavy atom. The van der Waals surface area contributed by atoms with E-state index in [9.17, 15) is 4.39 Å². The quantitative estimate of drug-likeness (QED) is 0.764. The van der Waals surface area contributed by atoms with E-state index in [0.29, 0.717) is 5.82 Å². The molecule has 3 rings (SSSR count). The van der Waals surface area contributed by atoms with E-state index < -0.39 is 0 Å². The van der Waals surface area contributed by atoms with Crippen LogP contribution >= 0.6 is 0 Å². The lowest BCUT2D eigenvalue weighted by Crippen LogP contribution is -1.92. The van der Waals surface area contributed by atoms with Crippen LogP contribution in [-0.4, -0.2) is 19.9 Å². The summed E-state index contributed by atoms with van der Waals surface area (Å²) in [5, 5.41) is 0. The Morgan fingerprint density at radius 3 is 2.58 bits per heavy atom. The lowest BCUT2D eigenvalue weighted by molar-refractivity contribution is 0.628.